The second kappa shape index (κ2) is 1.58. The maximum Gasteiger partial charge on any atom is 0.0125 e. The van der Waals surface area contributed by atoms with E-state index in [0.717, 1.165) is 5.41 Å². The second-order valence-electron chi connectivity index (χ2n) is 5.03. The lowest BCUT2D eigenvalue weighted by molar-refractivity contribution is -0.000334. The minimum Gasteiger partial charge on any atom is -0.297 e. The molecule has 0 bridgehead atoms. The molecule has 1 heteroatoms. The monoisotopic (exact) mass is 139 g/mol. The van der Waals surface area contributed by atoms with Gasteiger partial charge in [0.15, 0.2) is 0 Å². The average Bonchev–Trinajstić information content (AvgIpc) is 2.32. The van der Waals surface area contributed by atoms with Crippen molar-refractivity contribution in [3.05, 3.63) is 0 Å². The molecule has 0 radical (unpaired) electrons. The van der Waals surface area contributed by atoms with Gasteiger partial charge in [-0.2, -0.15) is 0 Å². The van der Waals surface area contributed by atoms with Crippen LogP contribution in [-0.4, -0.2) is 23.5 Å². The molecular weight excluding hydrogens is 122 g/mol. The van der Waals surface area contributed by atoms with E-state index in [1.165, 1.54) is 25.9 Å². The Balaban J connectivity index is 1.90. The van der Waals surface area contributed by atoms with Crippen molar-refractivity contribution in [2.45, 2.75) is 39.2 Å². The molecule has 0 atom stereocenters. The van der Waals surface area contributed by atoms with Gasteiger partial charge in [-0.3, -0.25) is 4.90 Å². The van der Waals surface area contributed by atoms with E-state index in [9.17, 15) is 0 Å². The van der Waals surface area contributed by atoms with Gasteiger partial charge in [-0.15, -0.1) is 0 Å². The summed E-state index contributed by atoms with van der Waals surface area (Å²) in [6.45, 7) is 9.67. The average molecular weight is 139 g/mol. The first-order valence-corrected chi connectivity index (χ1v) is 4.27. The Hall–Kier alpha value is -0.0400. The first-order valence-electron chi connectivity index (χ1n) is 4.27. The molecule has 1 nitrogen and oxygen atoms in total. The molecule has 0 N–H and O–H groups in total. The molecule has 2 aliphatic rings. The molecular formula is C9H17N. The number of rotatable bonds is 0. The Morgan fingerprint density at radius 2 is 1.60 bits per heavy atom. The van der Waals surface area contributed by atoms with Crippen LogP contribution >= 0.6 is 0 Å². The zero-order chi connectivity index (χ0) is 7.41. The van der Waals surface area contributed by atoms with Crippen LogP contribution in [0.15, 0.2) is 0 Å². The Morgan fingerprint density at radius 1 is 1.10 bits per heavy atom. The van der Waals surface area contributed by atoms with E-state index >= 15 is 0 Å². The Kier molecular flexibility index (Phi) is 1.05. The molecule has 58 valence electrons. The fourth-order valence-corrected chi connectivity index (χ4v) is 1.73. The van der Waals surface area contributed by atoms with Gasteiger partial charge in [-0.25, -0.2) is 0 Å². The highest BCUT2D eigenvalue weighted by atomic mass is 15.3. The van der Waals surface area contributed by atoms with Gasteiger partial charge >= 0.3 is 0 Å². The van der Waals surface area contributed by atoms with Gasteiger partial charge < -0.3 is 0 Å². The summed E-state index contributed by atoms with van der Waals surface area (Å²) in [5.41, 5.74) is 1.25. The minimum atomic E-state index is 0.424. The molecule has 2 fully saturated rings. The first-order chi connectivity index (χ1) is 4.52. The molecule has 1 spiro atoms. The van der Waals surface area contributed by atoms with Crippen LogP contribution < -0.4 is 0 Å². The van der Waals surface area contributed by atoms with Gasteiger partial charge in [0.1, 0.15) is 0 Å². The van der Waals surface area contributed by atoms with Crippen LogP contribution in [0.1, 0.15) is 33.6 Å². The fraction of sp³-hybridized carbons (Fsp3) is 1.00. The number of hydrogen-bond donors (Lipinski definition) is 0. The molecule has 0 aromatic carbocycles. The fourth-order valence-electron chi connectivity index (χ4n) is 1.73. The van der Waals surface area contributed by atoms with Gasteiger partial charge in [-0.05, 0) is 39.0 Å². The maximum absolute atomic E-state index is 2.58. The highest BCUT2D eigenvalue weighted by Gasteiger charge is 2.54. The SMILES string of the molecule is CC(C)(C)N1CC2(CC2)C1. The molecule has 2 rings (SSSR count). The van der Waals surface area contributed by atoms with Crippen LogP contribution in [0.3, 0.4) is 0 Å². The third kappa shape index (κ3) is 0.878. The summed E-state index contributed by atoms with van der Waals surface area (Å²) in [4.78, 5) is 2.58. The van der Waals surface area contributed by atoms with E-state index in [0.29, 0.717) is 5.54 Å². The summed E-state index contributed by atoms with van der Waals surface area (Å²) in [7, 11) is 0. The quantitative estimate of drug-likeness (QED) is 0.495. The van der Waals surface area contributed by atoms with Crippen molar-refractivity contribution in [3.8, 4) is 0 Å². The van der Waals surface area contributed by atoms with E-state index in [1.807, 2.05) is 0 Å². The molecule has 1 heterocycles. The second-order valence-corrected chi connectivity index (χ2v) is 5.03. The van der Waals surface area contributed by atoms with Crippen LogP contribution in [0.25, 0.3) is 0 Å². The van der Waals surface area contributed by atoms with Gasteiger partial charge in [0.2, 0.25) is 0 Å². The Morgan fingerprint density at radius 3 is 1.90 bits per heavy atom. The van der Waals surface area contributed by atoms with E-state index in [1.54, 1.807) is 0 Å². The zero-order valence-electron chi connectivity index (χ0n) is 7.28. The van der Waals surface area contributed by atoms with Crippen LogP contribution in [-0.2, 0) is 0 Å². The summed E-state index contributed by atoms with van der Waals surface area (Å²) in [6, 6.07) is 0. The molecule has 1 saturated heterocycles. The maximum atomic E-state index is 2.58. The lowest BCUT2D eigenvalue weighted by Gasteiger charge is -2.48. The summed E-state index contributed by atoms with van der Waals surface area (Å²) in [5, 5.41) is 0. The molecule has 1 aliphatic heterocycles. The topological polar surface area (TPSA) is 3.24 Å². The van der Waals surface area contributed by atoms with E-state index in [4.69, 9.17) is 0 Å². The van der Waals surface area contributed by atoms with Crippen molar-refractivity contribution >= 4 is 0 Å². The van der Waals surface area contributed by atoms with E-state index in [2.05, 4.69) is 25.7 Å². The Labute approximate surface area is 63.4 Å². The lowest BCUT2D eigenvalue weighted by Crippen LogP contribution is -2.57. The minimum absolute atomic E-state index is 0.424. The number of hydrogen-bond acceptors (Lipinski definition) is 1. The largest absolute Gasteiger partial charge is 0.297 e. The highest BCUT2D eigenvalue weighted by molar-refractivity contribution is 5.07. The smallest absolute Gasteiger partial charge is 0.0125 e. The van der Waals surface area contributed by atoms with Gasteiger partial charge in [0.05, 0.1) is 0 Å². The van der Waals surface area contributed by atoms with E-state index < -0.39 is 0 Å². The molecule has 1 saturated carbocycles. The molecule has 0 aromatic rings. The normalized spacial score (nSPS) is 30.3. The van der Waals surface area contributed by atoms with Crippen LogP contribution in [0.2, 0.25) is 0 Å². The lowest BCUT2D eigenvalue weighted by atomic mass is 9.90. The van der Waals surface area contributed by atoms with Crippen molar-refractivity contribution in [3.63, 3.8) is 0 Å². The molecule has 10 heavy (non-hydrogen) atoms. The standard InChI is InChI=1S/C9H17N/c1-8(2,3)10-6-9(7-10)4-5-9/h4-7H2,1-3H3. The number of nitrogens with zero attached hydrogens (tertiary/aromatic N) is 1. The molecule has 1 aliphatic carbocycles. The van der Waals surface area contributed by atoms with Crippen LogP contribution in [0.5, 0.6) is 0 Å². The third-order valence-electron chi connectivity index (χ3n) is 2.96. The predicted octanol–water partition coefficient (Wildman–Crippen LogP) is 1.88. The van der Waals surface area contributed by atoms with Crippen molar-refractivity contribution in [1.82, 2.24) is 4.90 Å². The molecule has 0 aromatic heterocycles. The number of likely N-dealkylation sites (tertiary alicyclic amines) is 1. The Bertz CT molecular complexity index is 143. The van der Waals surface area contributed by atoms with E-state index in [-0.39, 0.29) is 0 Å². The van der Waals surface area contributed by atoms with Crippen molar-refractivity contribution in [2.75, 3.05) is 13.1 Å². The third-order valence-corrected chi connectivity index (χ3v) is 2.96. The molecule has 0 unspecified atom stereocenters. The zero-order valence-corrected chi connectivity index (χ0v) is 7.28. The van der Waals surface area contributed by atoms with Gasteiger partial charge in [0, 0.05) is 18.6 Å². The van der Waals surface area contributed by atoms with Crippen LogP contribution in [0, 0.1) is 5.41 Å². The summed E-state index contributed by atoms with van der Waals surface area (Å²) >= 11 is 0. The predicted molar refractivity (Wildman–Crippen MR) is 43.0 cm³/mol. The van der Waals surface area contributed by atoms with Gasteiger partial charge in [0.25, 0.3) is 0 Å². The summed E-state index contributed by atoms with van der Waals surface area (Å²) in [6.07, 6.45) is 3.00. The highest BCUT2D eigenvalue weighted by Crippen LogP contribution is 2.54. The van der Waals surface area contributed by atoms with Crippen molar-refractivity contribution < 1.29 is 0 Å². The summed E-state index contributed by atoms with van der Waals surface area (Å²) in [5.74, 6) is 0. The van der Waals surface area contributed by atoms with Crippen molar-refractivity contribution in [1.29, 1.82) is 0 Å². The van der Waals surface area contributed by atoms with Crippen LogP contribution in [0.4, 0.5) is 0 Å². The van der Waals surface area contributed by atoms with Gasteiger partial charge in [-0.1, -0.05) is 0 Å². The first kappa shape index (κ1) is 6.66. The van der Waals surface area contributed by atoms with Crippen molar-refractivity contribution in [2.24, 2.45) is 5.41 Å². The summed E-state index contributed by atoms with van der Waals surface area (Å²) < 4.78 is 0. The molecule has 0 amide bonds.